The van der Waals surface area contributed by atoms with Crippen molar-refractivity contribution in [3.63, 3.8) is 0 Å². The van der Waals surface area contributed by atoms with E-state index >= 15 is 0 Å². The smallest absolute Gasteiger partial charge is 0.321 e. The zero-order chi connectivity index (χ0) is 13.5. The third kappa shape index (κ3) is 5.62. The van der Waals surface area contributed by atoms with E-state index in [1.54, 1.807) is 0 Å². The van der Waals surface area contributed by atoms with Crippen molar-refractivity contribution in [2.24, 2.45) is 0 Å². The molecule has 0 aliphatic carbocycles. The fraction of sp³-hybridized carbons (Fsp3) is 0.727. The van der Waals surface area contributed by atoms with Gasteiger partial charge in [-0.1, -0.05) is 0 Å². The Bertz CT molecular complexity index is 332. The van der Waals surface area contributed by atoms with Gasteiger partial charge in [-0.2, -0.15) is 0 Å². The molecule has 0 saturated carbocycles. The average Bonchev–Trinajstić information content (AvgIpc) is 2.62. The molecule has 102 valence electrons. The summed E-state index contributed by atoms with van der Waals surface area (Å²) in [6.45, 7) is 1.71. The second kappa shape index (κ2) is 6.95. The molecule has 1 aliphatic rings. The number of likely N-dealkylation sites (N-methyl/N-ethyl adjacent to an activating group) is 1. The number of nitrogens with zero attached hydrogens (tertiary/aromatic N) is 1. The molecule has 1 heterocycles. The van der Waals surface area contributed by atoms with Crippen LogP contribution in [0.5, 0.6) is 0 Å². The number of carboxylic acid groups (broad SMARTS) is 1. The van der Waals surface area contributed by atoms with Crippen LogP contribution in [0.3, 0.4) is 0 Å². The van der Waals surface area contributed by atoms with Crippen LogP contribution in [-0.4, -0.2) is 54.1 Å². The molecule has 1 fully saturated rings. The van der Waals surface area contributed by atoms with Gasteiger partial charge in [-0.3, -0.25) is 14.9 Å². The highest BCUT2D eigenvalue weighted by atomic mass is 16.4. The lowest BCUT2D eigenvalue weighted by Crippen LogP contribution is -2.45. The van der Waals surface area contributed by atoms with Crippen LogP contribution in [-0.2, 0) is 9.59 Å². The van der Waals surface area contributed by atoms with Crippen molar-refractivity contribution in [1.82, 2.24) is 15.5 Å². The van der Waals surface area contributed by atoms with Crippen LogP contribution < -0.4 is 10.6 Å². The van der Waals surface area contributed by atoms with Gasteiger partial charge in [0.1, 0.15) is 0 Å². The van der Waals surface area contributed by atoms with Gasteiger partial charge in [0.2, 0.25) is 5.91 Å². The summed E-state index contributed by atoms with van der Waals surface area (Å²) in [5.41, 5.74) is 0. The Morgan fingerprint density at radius 3 is 2.61 bits per heavy atom. The number of aliphatic carboxylic acids is 1. The normalized spacial score (nSPS) is 19.5. The van der Waals surface area contributed by atoms with E-state index < -0.39 is 17.9 Å². The number of carbonyl (C=O) groups is 3. The van der Waals surface area contributed by atoms with Crippen LogP contribution in [0.1, 0.15) is 25.7 Å². The second-order valence-electron chi connectivity index (χ2n) is 4.52. The largest absolute Gasteiger partial charge is 0.481 e. The van der Waals surface area contributed by atoms with E-state index in [2.05, 4.69) is 15.5 Å². The first-order valence-electron chi connectivity index (χ1n) is 5.98. The summed E-state index contributed by atoms with van der Waals surface area (Å²) in [7, 11) is 1.97. The molecule has 1 unspecified atom stereocenters. The molecule has 1 atom stereocenters. The van der Waals surface area contributed by atoms with Crippen LogP contribution in [0.4, 0.5) is 4.79 Å². The Kier molecular flexibility index (Phi) is 5.57. The summed E-state index contributed by atoms with van der Waals surface area (Å²) in [6.07, 6.45) is 1.09. The van der Waals surface area contributed by atoms with E-state index in [1.807, 2.05) is 7.05 Å². The van der Waals surface area contributed by atoms with E-state index in [0.29, 0.717) is 0 Å². The van der Waals surface area contributed by atoms with Crippen molar-refractivity contribution in [3.05, 3.63) is 0 Å². The molecule has 0 bridgehead atoms. The molecule has 18 heavy (non-hydrogen) atoms. The molecule has 3 N–H and O–H groups in total. The molecule has 1 rings (SSSR count). The van der Waals surface area contributed by atoms with Gasteiger partial charge < -0.3 is 15.3 Å². The third-order valence-corrected chi connectivity index (χ3v) is 2.77. The van der Waals surface area contributed by atoms with Gasteiger partial charge in [-0.05, 0) is 26.4 Å². The number of likely N-dealkylation sites (tertiary alicyclic amines) is 1. The molecule has 3 amide bonds. The lowest BCUT2D eigenvalue weighted by atomic mass is 10.2. The Morgan fingerprint density at radius 1 is 1.33 bits per heavy atom. The minimum Gasteiger partial charge on any atom is -0.481 e. The highest BCUT2D eigenvalue weighted by Crippen LogP contribution is 2.05. The van der Waals surface area contributed by atoms with E-state index in [-0.39, 0.29) is 25.3 Å². The Morgan fingerprint density at radius 2 is 2.06 bits per heavy atom. The monoisotopic (exact) mass is 257 g/mol. The maximum atomic E-state index is 11.4. The van der Waals surface area contributed by atoms with Crippen LogP contribution in [0.15, 0.2) is 0 Å². The predicted octanol–water partition coefficient (Wildman–Crippen LogP) is -0.229. The zero-order valence-corrected chi connectivity index (χ0v) is 10.4. The summed E-state index contributed by atoms with van der Waals surface area (Å²) in [4.78, 5) is 35.1. The van der Waals surface area contributed by atoms with Gasteiger partial charge in [-0.15, -0.1) is 0 Å². The maximum Gasteiger partial charge on any atom is 0.321 e. The number of nitrogens with one attached hydrogen (secondary N) is 2. The molecule has 0 radical (unpaired) electrons. The number of amides is 3. The summed E-state index contributed by atoms with van der Waals surface area (Å²) in [5.74, 6) is -1.39. The Hall–Kier alpha value is -1.63. The molecule has 1 aliphatic heterocycles. The fourth-order valence-corrected chi connectivity index (χ4v) is 1.86. The third-order valence-electron chi connectivity index (χ3n) is 2.77. The lowest BCUT2D eigenvalue weighted by molar-refractivity contribution is -0.137. The highest BCUT2D eigenvalue weighted by molar-refractivity contribution is 5.94. The van der Waals surface area contributed by atoms with Crippen LogP contribution in [0.2, 0.25) is 0 Å². The zero-order valence-electron chi connectivity index (χ0n) is 10.4. The summed E-state index contributed by atoms with van der Waals surface area (Å²) >= 11 is 0. The number of urea groups is 1. The number of imide groups is 1. The highest BCUT2D eigenvalue weighted by Gasteiger charge is 2.21. The number of hydrogen-bond acceptors (Lipinski definition) is 4. The van der Waals surface area contributed by atoms with Crippen molar-refractivity contribution in [2.75, 3.05) is 20.1 Å². The standard InChI is InChI=1S/C11H19N3O4/c1-14-6-5-8(7-14)12-11(18)13-9(15)3-2-4-10(16)17/h8H,2-7H2,1H3,(H,16,17)(H2,12,13,15,18). The Labute approximate surface area is 106 Å². The van der Waals surface area contributed by atoms with E-state index in [9.17, 15) is 14.4 Å². The topological polar surface area (TPSA) is 98.7 Å². The molecular formula is C11H19N3O4. The van der Waals surface area contributed by atoms with Gasteiger partial charge in [0.15, 0.2) is 0 Å². The molecule has 1 saturated heterocycles. The first kappa shape index (κ1) is 14.4. The van der Waals surface area contributed by atoms with E-state index in [0.717, 1.165) is 19.5 Å². The van der Waals surface area contributed by atoms with Crippen molar-refractivity contribution in [2.45, 2.75) is 31.7 Å². The number of carbonyl (C=O) groups excluding carboxylic acids is 2. The van der Waals surface area contributed by atoms with Gasteiger partial charge >= 0.3 is 12.0 Å². The SMILES string of the molecule is CN1CCC(NC(=O)NC(=O)CCCC(=O)O)C1. The lowest BCUT2D eigenvalue weighted by Gasteiger charge is -2.12. The minimum atomic E-state index is -0.943. The molecular weight excluding hydrogens is 238 g/mol. The van der Waals surface area contributed by atoms with E-state index in [1.165, 1.54) is 0 Å². The number of carboxylic acids is 1. The van der Waals surface area contributed by atoms with Crippen molar-refractivity contribution >= 4 is 17.9 Å². The summed E-state index contributed by atoms with van der Waals surface area (Å²) in [5, 5.41) is 13.3. The number of hydrogen-bond donors (Lipinski definition) is 3. The van der Waals surface area contributed by atoms with Crippen LogP contribution in [0, 0.1) is 0 Å². The first-order chi connectivity index (χ1) is 8.47. The molecule has 0 aromatic heterocycles. The quantitative estimate of drug-likeness (QED) is 0.632. The van der Waals surface area contributed by atoms with Gasteiger partial charge in [0.25, 0.3) is 0 Å². The summed E-state index contributed by atoms with van der Waals surface area (Å²) < 4.78 is 0. The molecule has 0 aromatic carbocycles. The predicted molar refractivity (Wildman–Crippen MR) is 64.1 cm³/mol. The van der Waals surface area contributed by atoms with Crippen molar-refractivity contribution in [3.8, 4) is 0 Å². The average molecular weight is 257 g/mol. The molecule has 7 heteroatoms. The maximum absolute atomic E-state index is 11.4. The van der Waals surface area contributed by atoms with Gasteiger partial charge in [-0.25, -0.2) is 4.79 Å². The van der Waals surface area contributed by atoms with E-state index in [4.69, 9.17) is 5.11 Å². The first-order valence-corrected chi connectivity index (χ1v) is 5.98. The van der Waals surface area contributed by atoms with Crippen LogP contribution >= 0.6 is 0 Å². The summed E-state index contributed by atoms with van der Waals surface area (Å²) in [6, 6.07) is -0.433. The van der Waals surface area contributed by atoms with Crippen LogP contribution in [0.25, 0.3) is 0 Å². The van der Waals surface area contributed by atoms with Crippen molar-refractivity contribution < 1.29 is 19.5 Å². The Balaban J connectivity index is 2.15. The second-order valence-corrected chi connectivity index (χ2v) is 4.52. The van der Waals surface area contributed by atoms with Gasteiger partial charge in [0, 0.05) is 25.4 Å². The minimum absolute atomic E-state index is 0.0459. The molecule has 0 spiro atoms. The fourth-order valence-electron chi connectivity index (χ4n) is 1.86. The molecule has 7 nitrogen and oxygen atoms in total. The number of rotatable bonds is 5. The van der Waals surface area contributed by atoms with Gasteiger partial charge in [0.05, 0.1) is 0 Å². The van der Waals surface area contributed by atoms with Crippen molar-refractivity contribution in [1.29, 1.82) is 0 Å². The molecule has 0 aromatic rings.